The van der Waals surface area contributed by atoms with Crippen LogP contribution in [0, 0.1) is 0 Å². The van der Waals surface area contributed by atoms with Gasteiger partial charge in [-0.3, -0.25) is 4.79 Å². The third kappa shape index (κ3) is 3.98. The van der Waals surface area contributed by atoms with Crippen molar-refractivity contribution in [2.45, 2.75) is 6.10 Å². The second-order valence-electron chi connectivity index (χ2n) is 6.98. The molecule has 154 valence electrons. The number of carbonyl (C=O) groups excluding carboxylic acids is 1. The standard InChI is InChI=1S/C24H17ClN2O4/c25-19-8-4-3-7-18(19)20-10-9-17(30-20)13-26-27-24(28)23-14-29-21-11-15-5-1-2-6-16(15)12-22(21)31-23/h1-13,23H,14H2,(H,27,28)/t23-/m1/s1. The van der Waals surface area contributed by atoms with Gasteiger partial charge in [0, 0.05) is 5.56 Å². The lowest BCUT2D eigenvalue weighted by Gasteiger charge is -2.25. The van der Waals surface area contributed by atoms with E-state index in [1.54, 1.807) is 18.2 Å². The van der Waals surface area contributed by atoms with Crippen molar-refractivity contribution in [1.82, 2.24) is 5.43 Å². The molecule has 1 aromatic heterocycles. The van der Waals surface area contributed by atoms with Crippen LogP contribution in [0.1, 0.15) is 5.76 Å². The summed E-state index contributed by atoms with van der Waals surface area (Å²) in [6.45, 7) is 0.101. The Bertz CT molecular complexity index is 1300. The Balaban J connectivity index is 1.24. The lowest BCUT2D eigenvalue weighted by molar-refractivity contribution is -0.130. The summed E-state index contributed by atoms with van der Waals surface area (Å²) in [5, 5.41) is 6.62. The van der Waals surface area contributed by atoms with Gasteiger partial charge in [0.2, 0.25) is 6.10 Å². The number of halogens is 1. The fourth-order valence-corrected chi connectivity index (χ4v) is 3.57. The van der Waals surface area contributed by atoms with Gasteiger partial charge in [-0.15, -0.1) is 0 Å². The van der Waals surface area contributed by atoms with Crippen molar-refractivity contribution in [1.29, 1.82) is 0 Å². The van der Waals surface area contributed by atoms with E-state index >= 15 is 0 Å². The number of hydrogen-bond donors (Lipinski definition) is 1. The zero-order valence-electron chi connectivity index (χ0n) is 16.2. The molecule has 5 rings (SSSR count). The molecule has 0 radical (unpaired) electrons. The van der Waals surface area contributed by atoms with Gasteiger partial charge in [-0.1, -0.05) is 48.0 Å². The van der Waals surface area contributed by atoms with E-state index in [9.17, 15) is 4.79 Å². The fraction of sp³-hybridized carbons (Fsp3) is 0.0833. The minimum atomic E-state index is -0.805. The summed E-state index contributed by atoms with van der Waals surface area (Å²) in [5.74, 6) is 1.84. The first-order chi connectivity index (χ1) is 15.2. The van der Waals surface area contributed by atoms with E-state index in [1.165, 1.54) is 6.21 Å². The summed E-state index contributed by atoms with van der Waals surface area (Å²) in [4.78, 5) is 12.5. The topological polar surface area (TPSA) is 73.1 Å². The number of nitrogens with one attached hydrogen (secondary N) is 1. The third-order valence-electron chi connectivity index (χ3n) is 4.90. The summed E-state index contributed by atoms with van der Waals surface area (Å²) in [6.07, 6.45) is 0.615. The summed E-state index contributed by atoms with van der Waals surface area (Å²) in [6, 6.07) is 22.6. The van der Waals surface area contributed by atoms with Crippen LogP contribution in [0.25, 0.3) is 22.1 Å². The van der Waals surface area contributed by atoms with Crippen LogP contribution in [0.2, 0.25) is 5.02 Å². The highest BCUT2D eigenvalue weighted by molar-refractivity contribution is 6.33. The maximum atomic E-state index is 12.5. The molecule has 0 spiro atoms. The zero-order chi connectivity index (χ0) is 21.2. The lowest BCUT2D eigenvalue weighted by Crippen LogP contribution is -2.42. The minimum Gasteiger partial charge on any atom is -0.485 e. The van der Waals surface area contributed by atoms with E-state index in [4.69, 9.17) is 25.5 Å². The molecule has 0 saturated carbocycles. The van der Waals surface area contributed by atoms with Crippen molar-refractivity contribution in [3.05, 3.63) is 83.6 Å². The van der Waals surface area contributed by atoms with Crippen LogP contribution >= 0.6 is 11.6 Å². The van der Waals surface area contributed by atoms with Gasteiger partial charge >= 0.3 is 0 Å². The number of rotatable bonds is 4. The van der Waals surface area contributed by atoms with Crippen molar-refractivity contribution in [2.75, 3.05) is 6.61 Å². The van der Waals surface area contributed by atoms with Crippen LogP contribution in [0.4, 0.5) is 0 Å². The summed E-state index contributed by atoms with van der Waals surface area (Å²) in [7, 11) is 0. The Morgan fingerprint density at radius 1 is 1.00 bits per heavy atom. The highest BCUT2D eigenvalue weighted by Gasteiger charge is 2.27. The van der Waals surface area contributed by atoms with E-state index in [-0.39, 0.29) is 6.61 Å². The van der Waals surface area contributed by atoms with Gasteiger partial charge in [-0.05, 0) is 47.2 Å². The van der Waals surface area contributed by atoms with Crippen molar-refractivity contribution < 1.29 is 18.7 Å². The molecule has 0 saturated heterocycles. The summed E-state index contributed by atoms with van der Waals surface area (Å²) < 4.78 is 17.3. The molecule has 0 bridgehead atoms. The molecule has 0 aliphatic carbocycles. The van der Waals surface area contributed by atoms with Gasteiger partial charge in [-0.2, -0.15) is 5.10 Å². The number of carbonyl (C=O) groups is 1. The number of benzene rings is 3. The van der Waals surface area contributed by atoms with E-state index in [1.807, 2.05) is 54.6 Å². The Morgan fingerprint density at radius 3 is 2.55 bits per heavy atom. The fourth-order valence-electron chi connectivity index (χ4n) is 3.34. The van der Waals surface area contributed by atoms with E-state index in [2.05, 4.69) is 10.5 Å². The average Bonchev–Trinajstić information content (AvgIpc) is 3.26. The van der Waals surface area contributed by atoms with Gasteiger partial charge in [0.1, 0.15) is 18.1 Å². The maximum Gasteiger partial charge on any atom is 0.284 e. The number of fused-ring (bicyclic) bond motifs is 2. The van der Waals surface area contributed by atoms with Crippen molar-refractivity contribution in [2.24, 2.45) is 5.10 Å². The quantitative estimate of drug-likeness (QED) is 0.362. The second-order valence-corrected chi connectivity index (χ2v) is 7.39. The highest BCUT2D eigenvalue weighted by atomic mass is 35.5. The predicted molar refractivity (Wildman–Crippen MR) is 119 cm³/mol. The number of nitrogens with zero attached hydrogens (tertiary/aromatic N) is 1. The number of amides is 1. The van der Waals surface area contributed by atoms with Gasteiger partial charge in [0.15, 0.2) is 11.5 Å². The molecule has 0 fully saturated rings. The first-order valence-corrected chi connectivity index (χ1v) is 10.0. The Labute approximate surface area is 183 Å². The van der Waals surface area contributed by atoms with Gasteiger partial charge in [0.25, 0.3) is 5.91 Å². The zero-order valence-corrected chi connectivity index (χ0v) is 17.0. The van der Waals surface area contributed by atoms with Crippen LogP contribution in [-0.2, 0) is 4.79 Å². The van der Waals surface area contributed by atoms with E-state index < -0.39 is 12.0 Å². The second kappa shape index (κ2) is 8.16. The minimum absolute atomic E-state index is 0.101. The van der Waals surface area contributed by atoms with Crippen LogP contribution in [0.15, 0.2) is 82.3 Å². The largest absolute Gasteiger partial charge is 0.485 e. The van der Waals surface area contributed by atoms with Crippen LogP contribution < -0.4 is 14.9 Å². The van der Waals surface area contributed by atoms with Crippen LogP contribution in [0.5, 0.6) is 11.5 Å². The molecule has 4 aromatic rings. The number of ether oxygens (including phenoxy) is 2. The predicted octanol–water partition coefficient (Wildman–Crippen LogP) is 5.04. The Morgan fingerprint density at radius 2 is 1.74 bits per heavy atom. The number of hydrazone groups is 1. The molecular formula is C24H17ClN2O4. The highest BCUT2D eigenvalue weighted by Crippen LogP contribution is 2.36. The Kier molecular flexibility index (Phi) is 5.06. The smallest absolute Gasteiger partial charge is 0.284 e. The first kappa shape index (κ1) is 19.2. The molecule has 1 aliphatic rings. The molecule has 1 aliphatic heterocycles. The molecule has 7 heteroatoms. The normalized spacial score (nSPS) is 15.3. The first-order valence-electron chi connectivity index (χ1n) is 9.67. The molecule has 1 amide bonds. The van der Waals surface area contributed by atoms with Crippen LogP contribution in [0.3, 0.4) is 0 Å². The van der Waals surface area contributed by atoms with E-state index in [0.717, 1.165) is 16.3 Å². The number of hydrogen-bond acceptors (Lipinski definition) is 5. The third-order valence-corrected chi connectivity index (χ3v) is 5.23. The summed E-state index contributed by atoms with van der Waals surface area (Å²) >= 11 is 6.19. The van der Waals surface area contributed by atoms with Gasteiger partial charge in [0.05, 0.1) is 11.2 Å². The molecule has 3 aromatic carbocycles. The monoisotopic (exact) mass is 432 g/mol. The van der Waals surface area contributed by atoms with Gasteiger partial charge in [-0.25, -0.2) is 5.43 Å². The molecule has 2 heterocycles. The van der Waals surface area contributed by atoms with Gasteiger partial charge < -0.3 is 13.9 Å². The SMILES string of the molecule is O=C(NN=Cc1ccc(-c2ccccc2Cl)o1)[C@H]1COc2cc3ccccc3cc2O1. The van der Waals surface area contributed by atoms with Crippen molar-refractivity contribution in [3.63, 3.8) is 0 Å². The molecule has 1 atom stereocenters. The molecule has 6 nitrogen and oxygen atoms in total. The average molecular weight is 433 g/mol. The molecule has 1 N–H and O–H groups in total. The van der Waals surface area contributed by atoms with Crippen LogP contribution in [-0.4, -0.2) is 24.8 Å². The lowest BCUT2D eigenvalue weighted by atomic mass is 10.1. The van der Waals surface area contributed by atoms with Crippen molar-refractivity contribution in [3.8, 4) is 22.8 Å². The molecular weight excluding hydrogens is 416 g/mol. The number of furan rings is 1. The van der Waals surface area contributed by atoms with Crippen molar-refractivity contribution >= 4 is 34.5 Å². The Hall–Kier alpha value is -3.77. The molecule has 31 heavy (non-hydrogen) atoms. The maximum absolute atomic E-state index is 12.5. The van der Waals surface area contributed by atoms with E-state index in [0.29, 0.717) is 28.0 Å². The molecule has 0 unspecified atom stereocenters. The summed E-state index contributed by atoms with van der Waals surface area (Å²) in [5.41, 5.74) is 3.25.